The molecule has 27 heavy (non-hydrogen) atoms. The molecule has 0 saturated heterocycles. The average Bonchev–Trinajstić information content (AvgIpc) is 2.68. The summed E-state index contributed by atoms with van der Waals surface area (Å²) in [6.07, 6.45) is 4.03. The van der Waals surface area contributed by atoms with Crippen LogP contribution in [0.5, 0.6) is 11.5 Å². The first-order chi connectivity index (χ1) is 13.2. The molecule has 0 radical (unpaired) electrons. The second-order valence-electron chi connectivity index (χ2n) is 5.93. The van der Waals surface area contributed by atoms with Gasteiger partial charge >= 0.3 is 0 Å². The van der Waals surface area contributed by atoms with E-state index in [4.69, 9.17) is 4.74 Å². The third-order valence-corrected chi connectivity index (χ3v) is 3.93. The van der Waals surface area contributed by atoms with Crippen molar-refractivity contribution in [2.45, 2.75) is 19.8 Å². The molecule has 1 aromatic heterocycles. The van der Waals surface area contributed by atoms with Gasteiger partial charge in [0.15, 0.2) is 5.82 Å². The first kappa shape index (κ1) is 18.4. The Balaban J connectivity index is 1.58. The highest BCUT2D eigenvalue weighted by molar-refractivity contribution is 5.90. The van der Waals surface area contributed by atoms with E-state index in [2.05, 4.69) is 15.3 Å². The van der Waals surface area contributed by atoms with Crippen molar-refractivity contribution < 1.29 is 14.6 Å². The number of carbonyl (C=O) groups is 1. The maximum atomic E-state index is 12.2. The number of hydrogen-bond donors (Lipinski definition) is 2. The van der Waals surface area contributed by atoms with Gasteiger partial charge in [-0.2, -0.15) is 0 Å². The van der Waals surface area contributed by atoms with E-state index in [1.54, 1.807) is 30.6 Å². The Morgan fingerprint density at radius 1 is 1.11 bits per heavy atom. The van der Waals surface area contributed by atoms with E-state index in [0.29, 0.717) is 36.5 Å². The van der Waals surface area contributed by atoms with Gasteiger partial charge in [-0.25, -0.2) is 9.97 Å². The fourth-order valence-electron chi connectivity index (χ4n) is 2.67. The lowest BCUT2D eigenvalue weighted by Gasteiger charge is -2.10. The Bertz CT molecular complexity index is 911. The summed E-state index contributed by atoms with van der Waals surface area (Å²) in [5.74, 6) is 1.33. The molecular weight excluding hydrogens is 342 g/mol. The molecule has 0 atom stereocenters. The number of para-hydroxylation sites is 1. The van der Waals surface area contributed by atoms with Crippen molar-refractivity contribution in [2.75, 3.05) is 11.9 Å². The number of carbonyl (C=O) groups excluding carboxylic acids is 1. The van der Waals surface area contributed by atoms with E-state index >= 15 is 0 Å². The first-order valence-corrected chi connectivity index (χ1v) is 8.77. The van der Waals surface area contributed by atoms with E-state index in [1.165, 1.54) is 0 Å². The predicted octanol–water partition coefficient (Wildman–Crippen LogP) is 3.82. The summed E-state index contributed by atoms with van der Waals surface area (Å²) in [4.78, 5) is 20.7. The van der Waals surface area contributed by atoms with E-state index in [0.717, 1.165) is 11.3 Å². The molecule has 0 saturated carbocycles. The SMILES string of the molecule is CCOc1ccccc1CCC(=O)Nc1cnc(-c2cccc(O)c2)nc1. The molecule has 0 aliphatic rings. The van der Waals surface area contributed by atoms with Crippen molar-refractivity contribution in [3.05, 3.63) is 66.5 Å². The fourth-order valence-corrected chi connectivity index (χ4v) is 2.67. The number of rotatable bonds is 7. The minimum atomic E-state index is -0.116. The molecule has 0 spiro atoms. The van der Waals surface area contributed by atoms with Gasteiger partial charge in [0.2, 0.25) is 5.91 Å². The number of aromatic hydroxyl groups is 1. The molecule has 0 fully saturated rings. The van der Waals surface area contributed by atoms with Crippen LogP contribution in [-0.4, -0.2) is 27.6 Å². The van der Waals surface area contributed by atoms with E-state index in [9.17, 15) is 9.90 Å². The first-order valence-electron chi connectivity index (χ1n) is 8.77. The molecule has 1 heterocycles. The topological polar surface area (TPSA) is 84.3 Å². The number of hydrogen-bond acceptors (Lipinski definition) is 5. The Hall–Kier alpha value is -3.41. The Labute approximate surface area is 157 Å². The van der Waals surface area contributed by atoms with Crippen molar-refractivity contribution in [1.29, 1.82) is 0 Å². The molecule has 6 heteroatoms. The molecule has 0 unspecified atom stereocenters. The van der Waals surface area contributed by atoms with Crippen LogP contribution in [0.4, 0.5) is 5.69 Å². The number of nitrogens with one attached hydrogen (secondary N) is 1. The Morgan fingerprint density at radius 2 is 1.89 bits per heavy atom. The molecule has 6 nitrogen and oxygen atoms in total. The summed E-state index contributed by atoms with van der Waals surface area (Å²) >= 11 is 0. The fraction of sp³-hybridized carbons (Fsp3) is 0.190. The van der Waals surface area contributed by atoms with Crippen molar-refractivity contribution in [3.63, 3.8) is 0 Å². The highest BCUT2D eigenvalue weighted by Gasteiger charge is 2.08. The van der Waals surface area contributed by atoms with Crippen LogP contribution in [0.2, 0.25) is 0 Å². The minimum absolute atomic E-state index is 0.116. The molecular formula is C21H21N3O3. The number of benzene rings is 2. The van der Waals surface area contributed by atoms with E-state index < -0.39 is 0 Å². The predicted molar refractivity (Wildman–Crippen MR) is 104 cm³/mol. The molecule has 0 aliphatic carbocycles. The van der Waals surface area contributed by atoms with Crippen LogP contribution in [0, 0.1) is 0 Å². The van der Waals surface area contributed by atoms with Crippen molar-refractivity contribution >= 4 is 11.6 Å². The van der Waals surface area contributed by atoms with Crippen molar-refractivity contribution in [2.24, 2.45) is 0 Å². The normalized spacial score (nSPS) is 10.4. The van der Waals surface area contributed by atoms with Gasteiger partial charge in [-0.05, 0) is 37.1 Å². The number of phenolic OH excluding ortho intramolecular Hbond substituents is 1. The monoisotopic (exact) mass is 363 g/mol. The van der Waals surface area contributed by atoms with Gasteiger partial charge in [0.25, 0.3) is 0 Å². The standard InChI is InChI=1S/C21H21N3O3/c1-2-27-19-9-4-3-6-15(19)10-11-20(26)24-17-13-22-21(23-14-17)16-7-5-8-18(25)12-16/h3-9,12-14,25H,2,10-11H2,1H3,(H,24,26). The molecule has 2 N–H and O–H groups in total. The lowest BCUT2D eigenvalue weighted by Crippen LogP contribution is -2.13. The average molecular weight is 363 g/mol. The van der Waals surface area contributed by atoms with Crippen LogP contribution < -0.4 is 10.1 Å². The Kier molecular flexibility index (Phi) is 5.99. The van der Waals surface area contributed by atoms with Crippen molar-refractivity contribution in [1.82, 2.24) is 9.97 Å². The maximum absolute atomic E-state index is 12.2. The molecule has 1 amide bonds. The van der Waals surface area contributed by atoms with Gasteiger partial charge < -0.3 is 15.2 Å². The Morgan fingerprint density at radius 3 is 2.63 bits per heavy atom. The molecule has 0 bridgehead atoms. The van der Waals surface area contributed by atoms with Crippen molar-refractivity contribution in [3.8, 4) is 22.9 Å². The van der Waals surface area contributed by atoms with Crippen LogP contribution in [0.1, 0.15) is 18.9 Å². The van der Waals surface area contributed by atoms with Gasteiger partial charge in [-0.3, -0.25) is 4.79 Å². The van der Waals surface area contributed by atoms with Crippen LogP contribution in [0.15, 0.2) is 60.9 Å². The highest BCUT2D eigenvalue weighted by atomic mass is 16.5. The van der Waals surface area contributed by atoms with Gasteiger partial charge in [0.1, 0.15) is 11.5 Å². The largest absolute Gasteiger partial charge is 0.508 e. The molecule has 3 aromatic rings. The number of anilines is 1. The smallest absolute Gasteiger partial charge is 0.224 e. The van der Waals surface area contributed by atoms with Crippen LogP contribution in [-0.2, 0) is 11.2 Å². The molecule has 2 aromatic carbocycles. The van der Waals surface area contributed by atoms with Gasteiger partial charge in [-0.1, -0.05) is 30.3 Å². The van der Waals surface area contributed by atoms with Crippen LogP contribution in [0.3, 0.4) is 0 Å². The number of nitrogens with zero attached hydrogens (tertiary/aromatic N) is 2. The summed E-state index contributed by atoms with van der Waals surface area (Å²) in [6.45, 7) is 2.52. The van der Waals surface area contributed by atoms with Crippen LogP contribution in [0.25, 0.3) is 11.4 Å². The van der Waals surface area contributed by atoms with Gasteiger partial charge in [-0.15, -0.1) is 0 Å². The maximum Gasteiger partial charge on any atom is 0.224 e. The summed E-state index contributed by atoms with van der Waals surface area (Å²) in [6, 6.07) is 14.4. The number of ether oxygens (including phenoxy) is 1. The van der Waals surface area contributed by atoms with Gasteiger partial charge in [0.05, 0.1) is 24.7 Å². The molecule has 138 valence electrons. The number of amides is 1. The lowest BCUT2D eigenvalue weighted by atomic mass is 10.1. The molecule has 0 aliphatic heterocycles. The van der Waals surface area contributed by atoms with Crippen LogP contribution >= 0.6 is 0 Å². The highest BCUT2D eigenvalue weighted by Crippen LogP contribution is 2.21. The third kappa shape index (κ3) is 5.04. The lowest BCUT2D eigenvalue weighted by molar-refractivity contribution is -0.116. The van der Waals surface area contributed by atoms with Gasteiger partial charge in [0, 0.05) is 12.0 Å². The summed E-state index contributed by atoms with van der Waals surface area (Å²) in [5, 5.41) is 12.3. The second kappa shape index (κ2) is 8.80. The summed E-state index contributed by atoms with van der Waals surface area (Å²) < 4.78 is 5.58. The third-order valence-electron chi connectivity index (χ3n) is 3.93. The summed E-state index contributed by atoms with van der Waals surface area (Å²) in [7, 11) is 0. The van der Waals surface area contributed by atoms with E-state index in [1.807, 2.05) is 37.3 Å². The minimum Gasteiger partial charge on any atom is -0.508 e. The quantitative estimate of drug-likeness (QED) is 0.667. The zero-order valence-corrected chi connectivity index (χ0v) is 15.1. The number of phenols is 1. The molecule has 3 rings (SSSR count). The zero-order valence-electron chi connectivity index (χ0n) is 15.1. The zero-order chi connectivity index (χ0) is 19.1. The number of aryl methyl sites for hydroxylation is 1. The van der Waals surface area contributed by atoms with E-state index in [-0.39, 0.29) is 11.7 Å². The summed E-state index contributed by atoms with van der Waals surface area (Å²) in [5.41, 5.74) is 2.24. The number of aromatic nitrogens is 2. The second-order valence-corrected chi connectivity index (χ2v) is 5.93.